The average Bonchev–Trinajstić information content (AvgIpc) is 2.69. The molecule has 0 aromatic carbocycles. The van der Waals surface area contributed by atoms with E-state index in [1.54, 1.807) is 6.33 Å². The maximum atomic E-state index is 9.05. The third-order valence-electron chi connectivity index (χ3n) is 3.13. The lowest BCUT2D eigenvalue weighted by Crippen LogP contribution is -2.32. The molecule has 1 saturated heterocycles. The highest BCUT2D eigenvalue weighted by Crippen LogP contribution is 2.18. The van der Waals surface area contributed by atoms with E-state index in [1.165, 1.54) is 25.9 Å². The van der Waals surface area contributed by atoms with Crippen LogP contribution in [0.5, 0.6) is 0 Å². The van der Waals surface area contributed by atoms with Crippen LogP contribution in [0.2, 0.25) is 0 Å². The van der Waals surface area contributed by atoms with Gasteiger partial charge in [-0.2, -0.15) is 0 Å². The van der Waals surface area contributed by atoms with Crippen LogP contribution in [0.1, 0.15) is 18.7 Å². The van der Waals surface area contributed by atoms with Crippen molar-refractivity contribution >= 4 is 0 Å². The first-order valence-electron chi connectivity index (χ1n) is 5.45. The summed E-state index contributed by atoms with van der Waals surface area (Å²) in [5, 5.41) is 16.7. The Balaban J connectivity index is 1.91. The van der Waals surface area contributed by atoms with E-state index in [9.17, 15) is 0 Å². The summed E-state index contributed by atoms with van der Waals surface area (Å²) in [7, 11) is 2.16. The summed E-state index contributed by atoms with van der Waals surface area (Å²) in [4.78, 5) is 2.36. The lowest BCUT2D eigenvalue weighted by Gasteiger charge is -2.29. The Hall–Kier alpha value is -0.940. The van der Waals surface area contributed by atoms with Gasteiger partial charge in [-0.05, 0) is 38.9 Å². The van der Waals surface area contributed by atoms with Crippen LogP contribution in [0.4, 0.5) is 0 Å². The molecule has 84 valence electrons. The molecule has 1 aromatic rings. The molecule has 1 aliphatic rings. The summed E-state index contributed by atoms with van der Waals surface area (Å²) < 4.78 is 1.97. The number of aliphatic hydroxyl groups is 1. The number of hydrogen-bond acceptors (Lipinski definition) is 4. The van der Waals surface area contributed by atoms with E-state index in [0.717, 1.165) is 6.54 Å². The molecule has 2 rings (SSSR count). The maximum absolute atomic E-state index is 9.05. The summed E-state index contributed by atoms with van der Waals surface area (Å²) in [5.41, 5.74) is 0. The van der Waals surface area contributed by atoms with Crippen LogP contribution in [-0.2, 0) is 13.2 Å². The van der Waals surface area contributed by atoms with E-state index in [2.05, 4.69) is 22.1 Å². The van der Waals surface area contributed by atoms with E-state index in [-0.39, 0.29) is 6.61 Å². The molecule has 1 aromatic heterocycles. The largest absolute Gasteiger partial charge is 0.388 e. The van der Waals surface area contributed by atoms with Gasteiger partial charge in [0, 0.05) is 6.54 Å². The number of aliphatic hydroxyl groups excluding tert-OH is 1. The topological polar surface area (TPSA) is 54.2 Å². The van der Waals surface area contributed by atoms with Crippen LogP contribution in [0.25, 0.3) is 0 Å². The van der Waals surface area contributed by atoms with Gasteiger partial charge in [-0.3, -0.25) is 0 Å². The third kappa shape index (κ3) is 2.54. The predicted molar refractivity (Wildman–Crippen MR) is 56.2 cm³/mol. The number of nitrogens with zero attached hydrogens (tertiary/aromatic N) is 4. The fraction of sp³-hybridized carbons (Fsp3) is 0.800. The number of aromatic nitrogens is 3. The van der Waals surface area contributed by atoms with Gasteiger partial charge in [0.25, 0.3) is 0 Å². The Bertz CT molecular complexity index is 304. The van der Waals surface area contributed by atoms with Crippen molar-refractivity contribution in [2.24, 2.45) is 5.92 Å². The second kappa shape index (κ2) is 4.72. The van der Waals surface area contributed by atoms with Crippen LogP contribution in [0.15, 0.2) is 6.33 Å². The number of piperidine rings is 1. The fourth-order valence-corrected chi connectivity index (χ4v) is 2.08. The van der Waals surface area contributed by atoms with E-state index < -0.39 is 0 Å². The highest BCUT2D eigenvalue weighted by Gasteiger charge is 2.17. The van der Waals surface area contributed by atoms with E-state index in [1.807, 2.05) is 4.57 Å². The average molecular weight is 210 g/mol. The zero-order valence-electron chi connectivity index (χ0n) is 9.13. The molecule has 0 radical (unpaired) electrons. The zero-order valence-corrected chi connectivity index (χ0v) is 9.13. The summed E-state index contributed by atoms with van der Waals surface area (Å²) in [6.45, 7) is 3.26. The van der Waals surface area contributed by atoms with Gasteiger partial charge in [0.2, 0.25) is 0 Å². The number of hydrogen-bond donors (Lipinski definition) is 1. The van der Waals surface area contributed by atoms with E-state index in [0.29, 0.717) is 11.7 Å². The molecule has 0 unspecified atom stereocenters. The van der Waals surface area contributed by atoms with Gasteiger partial charge in [0.05, 0.1) is 0 Å². The molecule has 0 atom stereocenters. The van der Waals surface area contributed by atoms with Crippen molar-refractivity contribution in [2.75, 3.05) is 20.1 Å². The molecule has 1 N–H and O–H groups in total. The second-order valence-corrected chi connectivity index (χ2v) is 4.30. The van der Waals surface area contributed by atoms with Gasteiger partial charge in [0.15, 0.2) is 5.82 Å². The number of rotatable bonds is 3. The van der Waals surface area contributed by atoms with Gasteiger partial charge in [-0.25, -0.2) is 0 Å². The normalized spacial score (nSPS) is 19.6. The number of likely N-dealkylation sites (tertiary alicyclic amines) is 1. The summed E-state index contributed by atoms with van der Waals surface area (Å²) in [5.74, 6) is 1.37. The SMILES string of the molecule is CN1CCC(Cn2cnnc2CO)CC1. The van der Waals surface area contributed by atoms with Gasteiger partial charge < -0.3 is 14.6 Å². The Morgan fingerprint density at radius 1 is 1.47 bits per heavy atom. The van der Waals surface area contributed by atoms with Crippen LogP contribution >= 0.6 is 0 Å². The van der Waals surface area contributed by atoms with Crippen molar-refractivity contribution in [1.82, 2.24) is 19.7 Å². The smallest absolute Gasteiger partial charge is 0.158 e. The summed E-state index contributed by atoms with van der Waals surface area (Å²) >= 11 is 0. The predicted octanol–water partition coefficient (Wildman–Crippen LogP) is 0.112. The van der Waals surface area contributed by atoms with Gasteiger partial charge in [-0.1, -0.05) is 0 Å². The highest BCUT2D eigenvalue weighted by molar-refractivity contribution is 4.84. The minimum absolute atomic E-state index is 0.0212. The van der Waals surface area contributed by atoms with Crippen LogP contribution in [-0.4, -0.2) is 44.9 Å². The molecule has 1 fully saturated rings. The summed E-state index contributed by atoms with van der Waals surface area (Å²) in [6.07, 6.45) is 4.16. The molecular formula is C10H18N4O. The third-order valence-corrected chi connectivity index (χ3v) is 3.13. The standard InChI is InChI=1S/C10H18N4O/c1-13-4-2-9(3-5-13)6-14-8-11-12-10(14)7-15/h8-9,15H,2-7H2,1H3. The zero-order chi connectivity index (χ0) is 10.7. The first kappa shape index (κ1) is 10.6. The van der Waals surface area contributed by atoms with Crippen LogP contribution in [0.3, 0.4) is 0 Å². The molecule has 0 aliphatic carbocycles. The Morgan fingerprint density at radius 2 is 2.20 bits per heavy atom. The molecule has 15 heavy (non-hydrogen) atoms. The molecule has 5 heteroatoms. The first-order chi connectivity index (χ1) is 7.29. The second-order valence-electron chi connectivity index (χ2n) is 4.30. The minimum atomic E-state index is -0.0212. The highest BCUT2D eigenvalue weighted by atomic mass is 16.3. The van der Waals surface area contributed by atoms with Gasteiger partial charge in [-0.15, -0.1) is 10.2 Å². The van der Waals surface area contributed by atoms with Gasteiger partial charge in [0.1, 0.15) is 12.9 Å². The molecule has 2 heterocycles. The van der Waals surface area contributed by atoms with Crippen molar-refractivity contribution in [3.63, 3.8) is 0 Å². The van der Waals surface area contributed by atoms with E-state index in [4.69, 9.17) is 5.11 Å². The molecule has 5 nitrogen and oxygen atoms in total. The fourth-order valence-electron chi connectivity index (χ4n) is 2.08. The lowest BCUT2D eigenvalue weighted by molar-refractivity contribution is 0.199. The molecule has 0 amide bonds. The lowest BCUT2D eigenvalue weighted by atomic mass is 9.97. The Morgan fingerprint density at radius 3 is 2.87 bits per heavy atom. The molecule has 0 saturated carbocycles. The molecular weight excluding hydrogens is 192 g/mol. The Kier molecular flexibility index (Phi) is 3.33. The monoisotopic (exact) mass is 210 g/mol. The van der Waals surface area contributed by atoms with Crippen molar-refractivity contribution in [1.29, 1.82) is 0 Å². The van der Waals surface area contributed by atoms with Crippen LogP contribution < -0.4 is 0 Å². The molecule has 0 bridgehead atoms. The summed E-state index contributed by atoms with van der Waals surface area (Å²) in [6, 6.07) is 0. The van der Waals surface area contributed by atoms with E-state index >= 15 is 0 Å². The maximum Gasteiger partial charge on any atom is 0.158 e. The van der Waals surface area contributed by atoms with Crippen LogP contribution in [0, 0.1) is 5.92 Å². The molecule has 1 aliphatic heterocycles. The quantitative estimate of drug-likeness (QED) is 0.769. The van der Waals surface area contributed by atoms with Gasteiger partial charge >= 0.3 is 0 Å². The van der Waals surface area contributed by atoms with Crippen molar-refractivity contribution in [3.8, 4) is 0 Å². The first-order valence-corrected chi connectivity index (χ1v) is 5.45. The Labute approximate surface area is 89.7 Å². The van der Waals surface area contributed by atoms with Crippen molar-refractivity contribution < 1.29 is 5.11 Å². The van der Waals surface area contributed by atoms with Crippen molar-refractivity contribution in [2.45, 2.75) is 26.0 Å². The molecule has 0 spiro atoms. The van der Waals surface area contributed by atoms with Crippen molar-refractivity contribution in [3.05, 3.63) is 12.2 Å². The minimum Gasteiger partial charge on any atom is -0.388 e.